The van der Waals surface area contributed by atoms with Crippen molar-refractivity contribution in [2.75, 3.05) is 6.61 Å². The highest BCUT2D eigenvalue weighted by atomic mass is 16.5. The fraction of sp³-hybridized carbons (Fsp3) is 0.778. The quantitative estimate of drug-likeness (QED) is 0.316. The summed E-state index contributed by atoms with van der Waals surface area (Å²) in [6.45, 7) is 6.53. The van der Waals surface area contributed by atoms with Crippen molar-refractivity contribution in [2.24, 2.45) is 11.7 Å². The Morgan fingerprint density at radius 2 is 1.55 bits per heavy atom. The Labute approximate surface area is 135 Å². The molecule has 0 aromatic carbocycles. The van der Waals surface area contributed by atoms with Gasteiger partial charge in [0.05, 0.1) is 6.61 Å². The third-order valence-electron chi connectivity index (χ3n) is 3.43. The van der Waals surface area contributed by atoms with E-state index in [1.54, 1.807) is 0 Å². The molecule has 0 saturated carbocycles. The van der Waals surface area contributed by atoms with Gasteiger partial charge in [0.1, 0.15) is 0 Å². The number of hydrogen-bond acceptors (Lipinski definition) is 3. The van der Waals surface area contributed by atoms with E-state index in [0.29, 0.717) is 18.6 Å². The van der Waals surface area contributed by atoms with Crippen LogP contribution in [0.25, 0.3) is 0 Å². The molecule has 0 fully saturated rings. The van der Waals surface area contributed by atoms with Crippen LogP contribution in [0, 0.1) is 5.92 Å². The number of nitrogens with two attached hydrogens (primary N) is 1. The standard InChI is InChI=1S/C18H33NO3/c1-4-5-6-7-8-9-10-11-12-16(13-17(19)20)18(21)22-14-15(2)3/h13,15H,4-12,14H2,1-3H3,(H2,19,20). The second-order valence-electron chi connectivity index (χ2n) is 6.29. The molecule has 0 spiro atoms. The Bertz CT molecular complexity index is 348. The van der Waals surface area contributed by atoms with Gasteiger partial charge in [-0.15, -0.1) is 0 Å². The molecule has 0 aliphatic heterocycles. The Morgan fingerprint density at radius 3 is 2.05 bits per heavy atom. The fourth-order valence-corrected chi connectivity index (χ4v) is 2.19. The molecular weight excluding hydrogens is 278 g/mol. The summed E-state index contributed by atoms with van der Waals surface area (Å²) in [6.07, 6.45) is 11.3. The zero-order valence-electron chi connectivity index (χ0n) is 14.5. The van der Waals surface area contributed by atoms with E-state index in [4.69, 9.17) is 10.5 Å². The summed E-state index contributed by atoms with van der Waals surface area (Å²) in [5, 5.41) is 0. The van der Waals surface area contributed by atoms with Gasteiger partial charge in [-0.2, -0.15) is 0 Å². The first-order valence-corrected chi connectivity index (χ1v) is 8.64. The first-order chi connectivity index (χ1) is 10.5. The van der Waals surface area contributed by atoms with Crippen LogP contribution in [-0.4, -0.2) is 18.5 Å². The molecule has 0 heterocycles. The van der Waals surface area contributed by atoms with Gasteiger partial charge in [0, 0.05) is 11.6 Å². The van der Waals surface area contributed by atoms with Crippen molar-refractivity contribution in [3.8, 4) is 0 Å². The summed E-state index contributed by atoms with van der Waals surface area (Å²) >= 11 is 0. The van der Waals surface area contributed by atoms with Crippen LogP contribution in [0.3, 0.4) is 0 Å². The van der Waals surface area contributed by atoms with Crippen molar-refractivity contribution in [2.45, 2.75) is 78.6 Å². The highest BCUT2D eigenvalue weighted by Gasteiger charge is 2.12. The average molecular weight is 311 g/mol. The van der Waals surface area contributed by atoms with Crippen molar-refractivity contribution in [1.29, 1.82) is 0 Å². The molecule has 0 atom stereocenters. The molecular formula is C18H33NO3. The number of carbonyl (C=O) groups is 2. The van der Waals surface area contributed by atoms with Gasteiger partial charge >= 0.3 is 5.97 Å². The number of carbonyl (C=O) groups excluding carboxylic acids is 2. The SMILES string of the molecule is CCCCCCCCCCC(=CC(N)=O)C(=O)OCC(C)C. The van der Waals surface area contributed by atoms with Crippen LogP contribution >= 0.6 is 0 Å². The normalized spacial score (nSPS) is 11.7. The van der Waals surface area contributed by atoms with Gasteiger partial charge in [0.25, 0.3) is 0 Å². The molecule has 0 bridgehead atoms. The lowest BCUT2D eigenvalue weighted by molar-refractivity contribution is -0.140. The fourth-order valence-electron chi connectivity index (χ4n) is 2.19. The maximum atomic E-state index is 11.9. The molecule has 128 valence electrons. The monoisotopic (exact) mass is 311 g/mol. The van der Waals surface area contributed by atoms with Crippen molar-refractivity contribution in [3.05, 3.63) is 11.6 Å². The lowest BCUT2D eigenvalue weighted by atomic mass is 10.0. The van der Waals surface area contributed by atoms with Crippen LogP contribution in [0.2, 0.25) is 0 Å². The zero-order chi connectivity index (χ0) is 16.8. The molecule has 0 aromatic rings. The van der Waals surface area contributed by atoms with Gasteiger partial charge in [0.15, 0.2) is 0 Å². The summed E-state index contributed by atoms with van der Waals surface area (Å²) in [6, 6.07) is 0. The van der Waals surface area contributed by atoms with E-state index in [9.17, 15) is 9.59 Å². The second kappa shape index (κ2) is 13.4. The predicted molar refractivity (Wildman–Crippen MR) is 90.3 cm³/mol. The third kappa shape index (κ3) is 12.4. The number of unbranched alkanes of at least 4 members (excludes halogenated alkanes) is 7. The summed E-state index contributed by atoms with van der Waals surface area (Å²) in [7, 11) is 0. The zero-order valence-corrected chi connectivity index (χ0v) is 14.5. The van der Waals surface area contributed by atoms with E-state index in [0.717, 1.165) is 12.8 Å². The largest absolute Gasteiger partial charge is 0.462 e. The van der Waals surface area contributed by atoms with E-state index < -0.39 is 11.9 Å². The maximum Gasteiger partial charge on any atom is 0.334 e. The highest BCUT2D eigenvalue weighted by molar-refractivity contribution is 5.97. The van der Waals surface area contributed by atoms with Gasteiger partial charge in [-0.05, 0) is 18.8 Å². The Kier molecular flexibility index (Phi) is 12.5. The van der Waals surface area contributed by atoms with E-state index in [2.05, 4.69) is 6.92 Å². The number of primary amides is 1. The number of esters is 1. The Hall–Kier alpha value is -1.32. The van der Waals surface area contributed by atoms with Crippen LogP contribution in [0.15, 0.2) is 11.6 Å². The van der Waals surface area contributed by atoms with Crippen molar-refractivity contribution < 1.29 is 14.3 Å². The molecule has 0 aromatic heterocycles. The van der Waals surface area contributed by atoms with E-state index >= 15 is 0 Å². The molecule has 1 amide bonds. The van der Waals surface area contributed by atoms with Gasteiger partial charge in [-0.1, -0.05) is 65.7 Å². The first kappa shape index (κ1) is 20.7. The topological polar surface area (TPSA) is 69.4 Å². The maximum absolute atomic E-state index is 11.9. The van der Waals surface area contributed by atoms with Crippen molar-refractivity contribution in [1.82, 2.24) is 0 Å². The Morgan fingerprint density at radius 1 is 1.00 bits per heavy atom. The minimum absolute atomic E-state index is 0.280. The summed E-state index contributed by atoms with van der Waals surface area (Å²) < 4.78 is 5.17. The minimum atomic E-state index is -0.587. The number of ether oxygens (including phenoxy) is 1. The molecule has 2 N–H and O–H groups in total. The van der Waals surface area contributed by atoms with Crippen LogP contribution in [0.5, 0.6) is 0 Å². The lowest BCUT2D eigenvalue weighted by Gasteiger charge is -2.10. The molecule has 4 nitrogen and oxygen atoms in total. The van der Waals surface area contributed by atoms with Gasteiger partial charge < -0.3 is 10.5 Å². The Balaban J connectivity index is 4.01. The third-order valence-corrected chi connectivity index (χ3v) is 3.43. The van der Waals surface area contributed by atoms with E-state index in [1.165, 1.54) is 44.6 Å². The number of hydrogen-bond donors (Lipinski definition) is 1. The van der Waals surface area contributed by atoms with Crippen LogP contribution in [-0.2, 0) is 14.3 Å². The van der Waals surface area contributed by atoms with Gasteiger partial charge in [-0.25, -0.2) is 4.79 Å². The van der Waals surface area contributed by atoms with Crippen molar-refractivity contribution >= 4 is 11.9 Å². The molecule has 22 heavy (non-hydrogen) atoms. The van der Waals surface area contributed by atoms with Gasteiger partial charge in [0.2, 0.25) is 5.91 Å². The molecule has 0 aliphatic carbocycles. The summed E-state index contributed by atoms with van der Waals surface area (Å²) in [5.41, 5.74) is 5.56. The molecule has 4 heteroatoms. The highest BCUT2D eigenvalue weighted by Crippen LogP contribution is 2.14. The molecule has 0 rings (SSSR count). The van der Waals surface area contributed by atoms with Gasteiger partial charge in [-0.3, -0.25) is 4.79 Å². The predicted octanol–water partition coefficient (Wildman–Crippen LogP) is 4.13. The van der Waals surface area contributed by atoms with E-state index in [1.807, 2.05) is 13.8 Å². The molecule has 0 unspecified atom stereocenters. The summed E-state index contributed by atoms with van der Waals surface area (Å²) in [5.74, 6) is -0.714. The summed E-state index contributed by atoms with van der Waals surface area (Å²) in [4.78, 5) is 22.9. The molecule has 0 aliphatic rings. The molecule has 0 saturated heterocycles. The number of amides is 1. The first-order valence-electron chi connectivity index (χ1n) is 8.64. The van der Waals surface area contributed by atoms with Crippen LogP contribution < -0.4 is 5.73 Å². The van der Waals surface area contributed by atoms with Crippen LogP contribution in [0.4, 0.5) is 0 Å². The smallest absolute Gasteiger partial charge is 0.334 e. The van der Waals surface area contributed by atoms with Crippen molar-refractivity contribution in [3.63, 3.8) is 0 Å². The minimum Gasteiger partial charge on any atom is -0.462 e. The second-order valence-corrected chi connectivity index (χ2v) is 6.29. The lowest BCUT2D eigenvalue weighted by Crippen LogP contribution is -2.16. The van der Waals surface area contributed by atoms with Crippen LogP contribution in [0.1, 0.15) is 78.6 Å². The number of rotatable bonds is 13. The molecule has 0 radical (unpaired) electrons. The van der Waals surface area contributed by atoms with E-state index in [-0.39, 0.29) is 5.92 Å². The average Bonchev–Trinajstić information content (AvgIpc) is 2.45.